The first-order chi connectivity index (χ1) is 13.3. The molecule has 2 aromatic heterocycles. The van der Waals surface area contributed by atoms with E-state index in [9.17, 15) is 18.0 Å². The van der Waals surface area contributed by atoms with Crippen LogP contribution < -0.4 is 5.56 Å². The van der Waals surface area contributed by atoms with E-state index < -0.39 is 10.0 Å². The average Bonchev–Trinajstić information content (AvgIpc) is 3.03. The molecule has 0 saturated carbocycles. The molecule has 3 rings (SSSR count). The van der Waals surface area contributed by atoms with E-state index in [4.69, 9.17) is 9.15 Å². The summed E-state index contributed by atoms with van der Waals surface area (Å²) in [5, 5.41) is 0.143. The van der Waals surface area contributed by atoms with Gasteiger partial charge in [-0.2, -0.15) is 4.31 Å². The van der Waals surface area contributed by atoms with Crippen molar-refractivity contribution in [2.24, 2.45) is 0 Å². The Labute approximate surface area is 162 Å². The van der Waals surface area contributed by atoms with Crippen LogP contribution in [-0.4, -0.2) is 78.7 Å². The lowest BCUT2D eigenvalue weighted by Crippen LogP contribution is -2.51. The van der Waals surface area contributed by atoms with Crippen LogP contribution in [0, 0.1) is 6.92 Å². The van der Waals surface area contributed by atoms with E-state index in [2.05, 4.69) is 4.98 Å². The quantitative estimate of drug-likeness (QED) is 0.658. The van der Waals surface area contributed by atoms with Crippen LogP contribution in [0.3, 0.4) is 0 Å². The third-order valence-electron chi connectivity index (χ3n) is 4.89. The zero-order valence-electron chi connectivity index (χ0n) is 16.2. The number of hydrogen-bond acceptors (Lipinski definition) is 7. The zero-order chi connectivity index (χ0) is 20.5. The molecule has 154 valence electrons. The molecule has 0 spiro atoms. The third-order valence-corrected chi connectivity index (χ3v) is 6.77. The molecule has 0 atom stereocenters. The van der Waals surface area contributed by atoms with E-state index in [0.29, 0.717) is 18.9 Å². The van der Waals surface area contributed by atoms with Crippen molar-refractivity contribution in [1.82, 2.24) is 18.8 Å². The molecule has 11 heteroatoms. The van der Waals surface area contributed by atoms with Crippen molar-refractivity contribution in [1.29, 1.82) is 0 Å². The topological polar surface area (TPSA) is 115 Å². The first-order valence-corrected chi connectivity index (χ1v) is 10.7. The van der Waals surface area contributed by atoms with Crippen molar-refractivity contribution in [3.63, 3.8) is 0 Å². The van der Waals surface area contributed by atoms with Gasteiger partial charge in [-0.1, -0.05) is 0 Å². The van der Waals surface area contributed by atoms with Gasteiger partial charge in [0.05, 0.1) is 24.5 Å². The highest BCUT2D eigenvalue weighted by molar-refractivity contribution is 7.89. The van der Waals surface area contributed by atoms with Crippen LogP contribution in [0.5, 0.6) is 0 Å². The molecule has 10 nitrogen and oxygen atoms in total. The van der Waals surface area contributed by atoms with Crippen LogP contribution in [-0.2, 0) is 21.3 Å². The van der Waals surface area contributed by atoms with Gasteiger partial charge >= 0.3 is 0 Å². The smallest absolute Gasteiger partial charge is 0.265 e. The van der Waals surface area contributed by atoms with Crippen molar-refractivity contribution in [3.05, 3.63) is 28.0 Å². The predicted molar refractivity (Wildman–Crippen MR) is 102 cm³/mol. The largest absolute Gasteiger partial charge is 0.442 e. The van der Waals surface area contributed by atoms with E-state index in [1.807, 2.05) is 0 Å². The van der Waals surface area contributed by atoms with Gasteiger partial charge in [0, 0.05) is 33.3 Å². The Morgan fingerprint density at radius 3 is 2.57 bits per heavy atom. The van der Waals surface area contributed by atoms with Crippen LogP contribution in [0.4, 0.5) is 0 Å². The summed E-state index contributed by atoms with van der Waals surface area (Å²) in [5.74, 6) is -0.00932. The number of carbonyl (C=O) groups is 1. The number of ether oxygens (including phenoxy) is 1. The zero-order valence-corrected chi connectivity index (χ0v) is 17.0. The molecular formula is C17H24N4O6S. The van der Waals surface area contributed by atoms with Crippen molar-refractivity contribution in [2.45, 2.75) is 20.4 Å². The molecule has 3 heterocycles. The second kappa shape index (κ2) is 8.02. The van der Waals surface area contributed by atoms with Gasteiger partial charge in [0.15, 0.2) is 0 Å². The number of fused-ring (bicyclic) bond motifs is 1. The van der Waals surface area contributed by atoms with Gasteiger partial charge in [-0.3, -0.25) is 14.2 Å². The van der Waals surface area contributed by atoms with Gasteiger partial charge in [-0.25, -0.2) is 13.4 Å². The number of rotatable bonds is 6. The molecule has 0 N–H and O–H groups in total. The summed E-state index contributed by atoms with van der Waals surface area (Å²) in [6, 6.07) is 0. The minimum Gasteiger partial charge on any atom is -0.442 e. The highest BCUT2D eigenvalue weighted by Crippen LogP contribution is 2.23. The van der Waals surface area contributed by atoms with Crippen LogP contribution in [0.15, 0.2) is 15.5 Å². The summed E-state index contributed by atoms with van der Waals surface area (Å²) in [6.07, 6.45) is 1.37. The number of nitrogens with zero attached hydrogens (tertiary/aromatic N) is 4. The highest BCUT2D eigenvalue weighted by Gasteiger charge is 2.31. The van der Waals surface area contributed by atoms with Crippen LogP contribution in [0.2, 0.25) is 0 Å². The number of methoxy groups -OCH3 is 1. The lowest BCUT2D eigenvalue weighted by Gasteiger charge is -2.33. The number of hydrogen-bond donors (Lipinski definition) is 0. The molecule has 28 heavy (non-hydrogen) atoms. The molecule has 1 amide bonds. The first-order valence-electron chi connectivity index (χ1n) is 9.04. The number of aryl methyl sites for hydroxylation is 1. The average molecular weight is 412 g/mol. The Kier molecular flexibility index (Phi) is 5.87. The molecular weight excluding hydrogens is 388 g/mol. The van der Waals surface area contributed by atoms with Crippen LogP contribution in [0.1, 0.15) is 23.0 Å². The summed E-state index contributed by atoms with van der Waals surface area (Å²) >= 11 is 0. The van der Waals surface area contributed by atoms with E-state index >= 15 is 0 Å². The number of amides is 1. The maximum Gasteiger partial charge on any atom is 0.265 e. The Hall–Kier alpha value is -2.24. The highest BCUT2D eigenvalue weighted by atomic mass is 32.2. The van der Waals surface area contributed by atoms with Gasteiger partial charge in [0.1, 0.15) is 17.5 Å². The molecule has 1 fully saturated rings. The van der Waals surface area contributed by atoms with Gasteiger partial charge in [-0.15, -0.1) is 0 Å². The number of piperazine rings is 1. The van der Waals surface area contributed by atoms with Gasteiger partial charge < -0.3 is 14.1 Å². The number of aromatic nitrogens is 2. The predicted octanol–water partition coefficient (Wildman–Crippen LogP) is 0.0518. The third kappa shape index (κ3) is 3.69. The van der Waals surface area contributed by atoms with E-state index in [-0.39, 0.29) is 60.1 Å². The molecule has 1 aliphatic rings. The lowest BCUT2D eigenvalue weighted by molar-refractivity contribution is 0.0698. The normalized spacial score (nSPS) is 16.0. The van der Waals surface area contributed by atoms with E-state index in [1.165, 1.54) is 22.3 Å². The van der Waals surface area contributed by atoms with Gasteiger partial charge in [0.2, 0.25) is 15.7 Å². The Bertz CT molecular complexity index is 1030. The number of carbonyl (C=O) groups excluding carboxylic acids is 1. The molecule has 1 aliphatic heterocycles. The standard InChI is InChI=1S/C17H24N4O6S/c1-4-28(24,25)21-7-5-19(6-8-21)16(22)13-12(2)27-15-14(13)17(23)20(11-18-15)9-10-26-3/h11H,4-10H2,1-3H3. The first kappa shape index (κ1) is 20.5. The van der Waals surface area contributed by atoms with Crippen molar-refractivity contribution < 1.29 is 22.4 Å². The van der Waals surface area contributed by atoms with Crippen molar-refractivity contribution in [3.8, 4) is 0 Å². The molecule has 0 radical (unpaired) electrons. The minimum absolute atomic E-state index is 0.0269. The summed E-state index contributed by atoms with van der Waals surface area (Å²) in [7, 11) is -1.75. The van der Waals surface area contributed by atoms with Crippen molar-refractivity contribution >= 4 is 27.0 Å². The Balaban J connectivity index is 1.90. The fourth-order valence-electron chi connectivity index (χ4n) is 3.25. The second-order valence-electron chi connectivity index (χ2n) is 6.54. The fourth-order valence-corrected chi connectivity index (χ4v) is 4.34. The molecule has 0 unspecified atom stereocenters. The van der Waals surface area contributed by atoms with Crippen molar-refractivity contribution in [2.75, 3.05) is 45.6 Å². The van der Waals surface area contributed by atoms with Crippen LogP contribution >= 0.6 is 0 Å². The Morgan fingerprint density at radius 1 is 1.29 bits per heavy atom. The van der Waals surface area contributed by atoms with Gasteiger partial charge in [-0.05, 0) is 13.8 Å². The molecule has 0 aliphatic carbocycles. The SMILES string of the molecule is CCS(=O)(=O)N1CCN(C(=O)c2c(C)oc3ncn(CCOC)c(=O)c23)CC1. The fraction of sp³-hybridized carbons (Fsp3) is 0.588. The summed E-state index contributed by atoms with van der Waals surface area (Å²) in [6.45, 7) is 4.82. The summed E-state index contributed by atoms with van der Waals surface area (Å²) < 4.78 is 37.3. The lowest BCUT2D eigenvalue weighted by atomic mass is 10.1. The van der Waals surface area contributed by atoms with E-state index in [1.54, 1.807) is 18.7 Å². The molecule has 2 aromatic rings. The molecule has 0 aromatic carbocycles. The minimum atomic E-state index is -3.29. The Morgan fingerprint density at radius 2 is 1.96 bits per heavy atom. The van der Waals surface area contributed by atoms with Crippen LogP contribution in [0.25, 0.3) is 11.1 Å². The molecule has 1 saturated heterocycles. The van der Waals surface area contributed by atoms with E-state index in [0.717, 1.165) is 0 Å². The maximum absolute atomic E-state index is 13.1. The maximum atomic E-state index is 13.1. The second-order valence-corrected chi connectivity index (χ2v) is 8.80. The number of furan rings is 1. The summed E-state index contributed by atoms with van der Waals surface area (Å²) in [4.78, 5) is 31.6. The summed E-state index contributed by atoms with van der Waals surface area (Å²) in [5.41, 5.74) is -0.0628. The molecule has 0 bridgehead atoms. The monoisotopic (exact) mass is 412 g/mol. The number of sulfonamides is 1. The van der Waals surface area contributed by atoms with Gasteiger partial charge in [0.25, 0.3) is 11.5 Å².